The minimum atomic E-state index is 0.165. The zero-order chi connectivity index (χ0) is 11.0. The molecule has 3 heteroatoms. The van der Waals surface area contributed by atoms with Crippen molar-refractivity contribution in [3.8, 4) is 0 Å². The molecule has 0 saturated carbocycles. The summed E-state index contributed by atoms with van der Waals surface area (Å²) in [6.07, 6.45) is 4.10. The van der Waals surface area contributed by atoms with Gasteiger partial charge in [0.1, 0.15) is 0 Å². The van der Waals surface area contributed by atoms with E-state index in [2.05, 4.69) is 29.2 Å². The van der Waals surface area contributed by atoms with Gasteiger partial charge in [0.25, 0.3) is 0 Å². The molecule has 1 nitrogen and oxygen atoms in total. The first-order valence-electron chi connectivity index (χ1n) is 5.44. The van der Waals surface area contributed by atoms with Crippen molar-refractivity contribution < 1.29 is 0 Å². The predicted octanol–water partition coefficient (Wildman–Crippen LogP) is 3.84. The van der Waals surface area contributed by atoms with Crippen LogP contribution in [-0.4, -0.2) is 4.98 Å². The topological polar surface area (TPSA) is 12.9 Å². The van der Waals surface area contributed by atoms with Gasteiger partial charge in [-0.15, -0.1) is 22.9 Å². The van der Waals surface area contributed by atoms with Crippen LogP contribution < -0.4 is 0 Å². The normalized spacial score (nSPS) is 23.3. The van der Waals surface area contributed by atoms with E-state index in [9.17, 15) is 0 Å². The second-order valence-electron chi connectivity index (χ2n) is 4.24. The van der Waals surface area contributed by atoms with Gasteiger partial charge in [-0.2, -0.15) is 0 Å². The molecule has 82 valence electrons. The van der Waals surface area contributed by atoms with Crippen LogP contribution in [0.1, 0.15) is 21.4 Å². The Morgan fingerprint density at radius 1 is 1.38 bits per heavy atom. The van der Waals surface area contributed by atoms with Crippen molar-refractivity contribution >= 4 is 22.9 Å². The van der Waals surface area contributed by atoms with Gasteiger partial charge in [-0.05, 0) is 29.9 Å². The smallest absolute Gasteiger partial charge is 0.0794 e. The van der Waals surface area contributed by atoms with Crippen LogP contribution >= 0.6 is 22.9 Å². The zero-order valence-electron chi connectivity index (χ0n) is 8.77. The van der Waals surface area contributed by atoms with Gasteiger partial charge in [0.15, 0.2) is 0 Å². The van der Waals surface area contributed by atoms with Gasteiger partial charge in [0, 0.05) is 11.1 Å². The van der Waals surface area contributed by atoms with Crippen molar-refractivity contribution in [2.75, 3.05) is 0 Å². The molecule has 1 aliphatic rings. The average Bonchev–Trinajstić information content (AvgIpc) is 2.90. The molecule has 2 aromatic rings. The van der Waals surface area contributed by atoms with Gasteiger partial charge >= 0.3 is 0 Å². The predicted molar refractivity (Wildman–Crippen MR) is 68.0 cm³/mol. The van der Waals surface area contributed by atoms with Crippen LogP contribution in [0.15, 0.2) is 36.0 Å². The molecule has 16 heavy (non-hydrogen) atoms. The summed E-state index contributed by atoms with van der Waals surface area (Å²) in [5.74, 6) is 0.527. The van der Waals surface area contributed by atoms with Crippen molar-refractivity contribution in [1.82, 2.24) is 4.98 Å². The number of hydrogen-bond donors (Lipinski definition) is 0. The second kappa shape index (κ2) is 4.19. The second-order valence-corrected chi connectivity index (χ2v) is 5.68. The van der Waals surface area contributed by atoms with Gasteiger partial charge in [0.2, 0.25) is 0 Å². The zero-order valence-corrected chi connectivity index (χ0v) is 10.3. The van der Waals surface area contributed by atoms with Crippen LogP contribution in [0.2, 0.25) is 0 Å². The van der Waals surface area contributed by atoms with Crippen molar-refractivity contribution in [2.45, 2.75) is 18.2 Å². The number of halogens is 1. The molecule has 0 fully saturated rings. The lowest BCUT2D eigenvalue weighted by molar-refractivity contribution is 0.547. The molecule has 1 heterocycles. The molecule has 1 aromatic heterocycles. The fourth-order valence-corrected chi connectivity index (χ4v) is 3.49. The van der Waals surface area contributed by atoms with Crippen LogP contribution in [0.3, 0.4) is 0 Å². The minimum Gasteiger partial charge on any atom is -0.253 e. The molecule has 0 bridgehead atoms. The maximum Gasteiger partial charge on any atom is 0.0794 e. The quantitative estimate of drug-likeness (QED) is 0.737. The number of hydrogen-bond acceptors (Lipinski definition) is 2. The first-order valence-corrected chi connectivity index (χ1v) is 6.75. The molecule has 3 rings (SSSR count). The maximum atomic E-state index is 6.51. The maximum absolute atomic E-state index is 6.51. The van der Waals surface area contributed by atoms with Crippen LogP contribution in [0, 0.1) is 5.92 Å². The van der Waals surface area contributed by atoms with Gasteiger partial charge < -0.3 is 0 Å². The standard InChI is InChI=1S/C13H12ClNS/c14-13-10(6-11-7-15-8-16-11)5-9-3-1-2-4-12(9)13/h1-4,7-8,10,13H,5-6H2. The number of benzene rings is 1. The van der Waals surface area contributed by atoms with E-state index in [1.54, 1.807) is 11.3 Å². The molecule has 0 saturated heterocycles. The van der Waals surface area contributed by atoms with E-state index in [1.807, 2.05) is 11.7 Å². The van der Waals surface area contributed by atoms with Gasteiger partial charge in [-0.25, -0.2) is 0 Å². The Bertz CT molecular complexity index is 478. The van der Waals surface area contributed by atoms with E-state index < -0.39 is 0 Å². The Labute approximate surface area is 104 Å². The summed E-state index contributed by atoms with van der Waals surface area (Å²) >= 11 is 8.23. The van der Waals surface area contributed by atoms with E-state index in [-0.39, 0.29) is 5.38 Å². The summed E-state index contributed by atoms with van der Waals surface area (Å²) in [7, 11) is 0. The number of alkyl halides is 1. The molecule has 2 unspecified atom stereocenters. The van der Waals surface area contributed by atoms with E-state index in [0.717, 1.165) is 12.8 Å². The Morgan fingerprint density at radius 3 is 3.00 bits per heavy atom. The third-order valence-electron chi connectivity index (χ3n) is 3.20. The molecular weight excluding hydrogens is 238 g/mol. The number of nitrogens with zero attached hydrogens (tertiary/aromatic N) is 1. The van der Waals surface area contributed by atoms with Crippen molar-refractivity contribution in [2.24, 2.45) is 5.92 Å². The molecule has 0 aliphatic heterocycles. The molecule has 1 aliphatic carbocycles. The first-order chi connectivity index (χ1) is 7.84. The highest BCUT2D eigenvalue weighted by molar-refractivity contribution is 7.09. The van der Waals surface area contributed by atoms with Gasteiger partial charge in [-0.1, -0.05) is 24.3 Å². The van der Waals surface area contributed by atoms with Gasteiger partial charge in [-0.3, -0.25) is 4.98 Å². The highest BCUT2D eigenvalue weighted by atomic mass is 35.5. The monoisotopic (exact) mass is 249 g/mol. The number of fused-ring (bicyclic) bond motifs is 1. The average molecular weight is 250 g/mol. The summed E-state index contributed by atoms with van der Waals surface area (Å²) in [5, 5.41) is 0.165. The van der Waals surface area contributed by atoms with Crippen LogP contribution in [0.5, 0.6) is 0 Å². The molecule has 1 aromatic carbocycles. The third-order valence-corrected chi connectivity index (χ3v) is 4.59. The fourth-order valence-electron chi connectivity index (χ4n) is 2.41. The van der Waals surface area contributed by atoms with Crippen molar-refractivity contribution in [3.63, 3.8) is 0 Å². The summed E-state index contributed by atoms with van der Waals surface area (Å²) in [6, 6.07) is 8.51. The lowest BCUT2D eigenvalue weighted by atomic mass is 10.0. The number of rotatable bonds is 2. The fraction of sp³-hybridized carbons (Fsp3) is 0.308. The van der Waals surface area contributed by atoms with Crippen LogP contribution in [0.4, 0.5) is 0 Å². The largest absolute Gasteiger partial charge is 0.253 e. The Hall–Kier alpha value is -0.860. The highest BCUT2D eigenvalue weighted by Gasteiger charge is 2.30. The van der Waals surface area contributed by atoms with Crippen LogP contribution in [-0.2, 0) is 12.8 Å². The first kappa shape index (κ1) is 10.3. The molecule has 0 radical (unpaired) electrons. The van der Waals surface area contributed by atoms with Crippen LogP contribution in [0.25, 0.3) is 0 Å². The molecule has 0 spiro atoms. The van der Waals surface area contributed by atoms with Crippen molar-refractivity contribution in [1.29, 1.82) is 0 Å². The van der Waals surface area contributed by atoms with E-state index >= 15 is 0 Å². The van der Waals surface area contributed by atoms with Gasteiger partial charge in [0.05, 0.1) is 10.9 Å². The molecule has 2 atom stereocenters. The molecule has 0 N–H and O–H groups in total. The lowest BCUT2D eigenvalue weighted by Gasteiger charge is -2.12. The Kier molecular flexibility index (Phi) is 2.70. The Balaban J connectivity index is 1.82. The summed E-state index contributed by atoms with van der Waals surface area (Å²) in [4.78, 5) is 5.45. The van der Waals surface area contributed by atoms with E-state index in [4.69, 9.17) is 11.6 Å². The van der Waals surface area contributed by atoms with E-state index in [1.165, 1.54) is 16.0 Å². The SMILES string of the molecule is ClC1c2ccccc2CC1Cc1cncs1. The Morgan fingerprint density at radius 2 is 2.25 bits per heavy atom. The lowest BCUT2D eigenvalue weighted by Crippen LogP contribution is -2.05. The van der Waals surface area contributed by atoms with E-state index in [0.29, 0.717) is 5.92 Å². The third kappa shape index (κ3) is 1.76. The number of thiazole rings is 1. The summed E-state index contributed by atoms with van der Waals surface area (Å²) < 4.78 is 0. The summed E-state index contributed by atoms with van der Waals surface area (Å²) in [5.41, 5.74) is 4.62. The molecular formula is C13H12ClNS. The minimum absolute atomic E-state index is 0.165. The summed E-state index contributed by atoms with van der Waals surface area (Å²) in [6.45, 7) is 0. The number of aromatic nitrogens is 1. The van der Waals surface area contributed by atoms with Crippen molar-refractivity contribution in [3.05, 3.63) is 52.0 Å². The highest BCUT2D eigenvalue weighted by Crippen LogP contribution is 2.42. The molecule has 0 amide bonds.